The Morgan fingerprint density at radius 1 is 1.58 bits per heavy atom. The SMILES string of the molecule is CC(NC(=O)COc1cccc(N)c1)c1cn[nH]c1. The van der Waals surface area contributed by atoms with Crippen LogP contribution in [0.5, 0.6) is 5.75 Å². The number of nitrogen functional groups attached to an aromatic ring is 1. The molecule has 100 valence electrons. The van der Waals surface area contributed by atoms with Crippen LogP contribution in [0, 0.1) is 0 Å². The zero-order valence-corrected chi connectivity index (χ0v) is 10.6. The van der Waals surface area contributed by atoms with Crippen LogP contribution in [0.15, 0.2) is 36.7 Å². The molecule has 0 fully saturated rings. The molecule has 0 saturated carbocycles. The van der Waals surface area contributed by atoms with Gasteiger partial charge >= 0.3 is 0 Å². The molecule has 0 aliphatic rings. The van der Waals surface area contributed by atoms with Crippen LogP contribution in [0.3, 0.4) is 0 Å². The summed E-state index contributed by atoms with van der Waals surface area (Å²) in [5, 5.41) is 9.35. The van der Waals surface area contributed by atoms with Gasteiger partial charge in [0.25, 0.3) is 5.91 Å². The molecule has 0 aliphatic heterocycles. The quantitative estimate of drug-likeness (QED) is 0.705. The van der Waals surface area contributed by atoms with E-state index in [4.69, 9.17) is 10.5 Å². The molecule has 1 aromatic heterocycles. The van der Waals surface area contributed by atoms with E-state index in [1.54, 1.807) is 36.7 Å². The Hall–Kier alpha value is -2.50. The van der Waals surface area contributed by atoms with Crippen molar-refractivity contribution in [1.82, 2.24) is 15.5 Å². The van der Waals surface area contributed by atoms with E-state index in [0.29, 0.717) is 11.4 Å². The van der Waals surface area contributed by atoms with Crippen LogP contribution in [0.1, 0.15) is 18.5 Å². The number of hydrogen-bond donors (Lipinski definition) is 3. The maximum absolute atomic E-state index is 11.7. The number of amides is 1. The average molecular weight is 260 g/mol. The second-order valence-electron chi connectivity index (χ2n) is 4.18. The number of carbonyl (C=O) groups excluding carboxylic acids is 1. The molecular formula is C13H16N4O2. The smallest absolute Gasteiger partial charge is 0.258 e. The summed E-state index contributed by atoms with van der Waals surface area (Å²) >= 11 is 0. The zero-order valence-electron chi connectivity index (χ0n) is 10.6. The zero-order chi connectivity index (χ0) is 13.7. The number of aromatic nitrogens is 2. The van der Waals surface area contributed by atoms with Gasteiger partial charge in [0.05, 0.1) is 12.2 Å². The summed E-state index contributed by atoms with van der Waals surface area (Å²) < 4.78 is 5.35. The lowest BCUT2D eigenvalue weighted by atomic mass is 10.2. The van der Waals surface area contributed by atoms with Gasteiger partial charge in [0.15, 0.2) is 6.61 Å². The Labute approximate surface area is 111 Å². The first-order chi connectivity index (χ1) is 9.15. The molecule has 1 amide bonds. The molecule has 0 saturated heterocycles. The van der Waals surface area contributed by atoms with Crippen molar-refractivity contribution in [2.24, 2.45) is 0 Å². The topological polar surface area (TPSA) is 93.0 Å². The van der Waals surface area contributed by atoms with Gasteiger partial charge in [0.2, 0.25) is 0 Å². The highest BCUT2D eigenvalue weighted by molar-refractivity contribution is 5.78. The fourth-order valence-electron chi connectivity index (χ4n) is 1.62. The van der Waals surface area contributed by atoms with E-state index >= 15 is 0 Å². The van der Waals surface area contributed by atoms with Gasteiger partial charge in [0, 0.05) is 23.5 Å². The van der Waals surface area contributed by atoms with Gasteiger partial charge in [0.1, 0.15) is 5.75 Å². The number of anilines is 1. The normalized spacial score (nSPS) is 11.8. The first-order valence-electron chi connectivity index (χ1n) is 5.91. The minimum absolute atomic E-state index is 0.0500. The molecule has 6 nitrogen and oxygen atoms in total. The molecule has 2 rings (SSSR count). The summed E-state index contributed by atoms with van der Waals surface area (Å²) in [7, 11) is 0. The van der Waals surface area contributed by atoms with Crippen molar-refractivity contribution < 1.29 is 9.53 Å². The van der Waals surface area contributed by atoms with Crippen LogP contribution < -0.4 is 15.8 Å². The summed E-state index contributed by atoms with van der Waals surface area (Å²) in [5.41, 5.74) is 7.13. The first-order valence-corrected chi connectivity index (χ1v) is 5.91. The molecule has 4 N–H and O–H groups in total. The maximum Gasteiger partial charge on any atom is 0.258 e. The minimum Gasteiger partial charge on any atom is -0.484 e. The van der Waals surface area contributed by atoms with Crippen molar-refractivity contribution >= 4 is 11.6 Å². The van der Waals surface area contributed by atoms with Crippen molar-refractivity contribution in [2.75, 3.05) is 12.3 Å². The average Bonchev–Trinajstić information content (AvgIpc) is 2.90. The van der Waals surface area contributed by atoms with Crippen LogP contribution in [0.4, 0.5) is 5.69 Å². The number of nitrogens with zero attached hydrogens (tertiary/aromatic N) is 1. The number of carbonyl (C=O) groups is 1. The van der Waals surface area contributed by atoms with E-state index in [2.05, 4.69) is 15.5 Å². The molecule has 0 radical (unpaired) electrons. The minimum atomic E-state index is -0.198. The molecule has 1 unspecified atom stereocenters. The van der Waals surface area contributed by atoms with Crippen molar-refractivity contribution in [2.45, 2.75) is 13.0 Å². The third-order valence-electron chi connectivity index (χ3n) is 2.62. The largest absolute Gasteiger partial charge is 0.484 e. The fraction of sp³-hybridized carbons (Fsp3) is 0.231. The van der Waals surface area contributed by atoms with Crippen molar-refractivity contribution in [3.05, 3.63) is 42.2 Å². The molecule has 2 aromatic rings. The van der Waals surface area contributed by atoms with E-state index in [1.807, 2.05) is 6.92 Å². The molecule has 1 atom stereocenters. The first kappa shape index (κ1) is 12.9. The predicted molar refractivity (Wildman–Crippen MR) is 71.5 cm³/mol. The van der Waals surface area contributed by atoms with E-state index in [1.165, 1.54) is 0 Å². The summed E-state index contributed by atoms with van der Waals surface area (Å²) in [6.07, 6.45) is 3.41. The number of nitrogens with one attached hydrogen (secondary N) is 2. The molecule has 6 heteroatoms. The van der Waals surface area contributed by atoms with Crippen LogP contribution in [0.25, 0.3) is 0 Å². The lowest BCUT2D eigenvalue weighted by Gasteiger charge is -2.12. The summed E-state index contributed by atoms with van der Waals surface area (Å²) in [5.74, 6) is 0.377. The molecule has 19 heavy (non-hydrogen) atoms. The van der Waals surface area contributed by atoms with E-state index in [0.717, 1.165) is 5.56 Å². The van der Waals surface area contributed by atoms with Crippen molar-refractivity contribution in [3.8, 4) is 5.75 Å². The van der Waals surface area contributed by atoms with Gasteiger partial charge < -0.3 is 15.8 Å². The standard InChI is InChI=1S/C13H16N4O2/c1-9(10-6-15-16-7-10)17-13(18)8-19-12-4-2-3-11(14)5-12/h2-7,9H,8,14H2,1H3,(H,15,16)(H,17,18). The van der Waals surface area contributed by atoms with Gasteiger partial charge in [-0.25, -0.2) is 0 Å². The Morgan fingerprint density at radius 2 is 2.42 bits per heavy atom. The molecule has 0 bridgehead atoms. The third kappa shape index (κ3) is 3.74. The fourth-order valence-corrected chi connectivity index (χ4v) is 1.62. The Morgan fingerprint density at radius 3 is 3.11 bits per heavy atom. The number of aromatic amines is 1. The van der Waals surface area contributed by atoms with Crippen LogP contribution in [0.2, 0.25) is 0 Å². The Kier molecular flexibility index (Phi) is 4.02. The van der Waals surface area contributed by atoms with Crippen LogP contribution in [-0.4, -0.2) is 22.7 Å². The highest BCUT2D eigenvalue weighted by Gasteiger charge is 2.10. The number of ether oxygens (including phenoxy) is 1. The monoisotopic (exact) mass is 260 g/mol. The summed E-state index contributed by atoms with van der Waals surface area (Å²) in [6, 6.07) is 6.84. The number of nitrogens with two attached hydrogens (primary N) is 1. The molecular weight excluding hydrogens is 244 g/mol. The van der Waals surface area contributed by atoms with Gasteiger partial charge in [-0.1, -0.05) is 6.07 Å². The lowest BCUT2D eigenvalue weighted by Crippen LogP contribution is -2.31. The van der Waals surface area contributed by atoms with Gasteiger partial charge in [-0.05, 0) is 19.1 Å². The van der Waals surface area contributed by atoms with Gasteiger partial charge in [-0.3, -0.25) is 9.89 Å². The van der Waals surface area contributed by atoms with Gasteiger partial charge in [-0.15, -0.1) is 0 Å². The number of H-pyrrole nitrogens is 1. The number of hydrogen-bond acceptors (Lipinski definition) is 4. The molecule has 0 aliphatic carbocycles. The second-order valence-corrected chi connectivity index (χ2v) is 4.18. The Bertz CT molecular complexity index is 539. The van der Waals surface area contributed by atoms with E-state index in [-0.39, 0.29) is 18.6 Å². The van der Waals surface area contributed by atoms with Crippen LogP contribution >= 0.6 is 0 Å². The van der Waals surface area contributed by atoms with Crippen molar-refractivity contribution in [3.63, 3.8) is 0 Å². The molecule has 1 aromatic carbocycles. The lowest BCUT2D eigenvalue weighted by molar-refractivity contribution is -0.123. The highest BCUT2D eigenvalue weighted by Crippen LogP contribution is 2.14. The summed E-state index contributed by atoms with van der Waals surface area (Å²) in [4.78, 5) is 11.7. The number of rotatable bonds is 5. The second kappa shape index (κ2) is 5.90. The number of benzene rings is 1. The van der Waals surface area contributed by atoms with E-state index < -0.39 is 0 Å². The maximum atomic E-state index is 11.7. The molecule has 1 heterocycles. The van der Waals surface area contributed by atoms with Crippen LogP contribution in [-0.2, 0) is 4.79 Å². The van der Waals surface area contributed by atoms with E-state index in [9.17, 15) is 4.79 Å². The van der Waals surface area contributed by atoms with Crippen molar-refractivity contribution in [1.29, 1.82) is 0 Å². The third-order valence-corrected chi connectivity index (χ3v) is 2.62. The molecule has 0 spiro atoms. The predicted octanol–water partition coefficient (Wildman–Crippen LogP) is 1.25. The van der Waals surface area contributed by atoms with Gasteiger partial charge in [-0.2, -0.15) is 5.10 Å². The highest BCUT2D eigenvalue weighted by atomic mass is 16.5. The Balaban J connectivity index is 1.82. The summed E-state index contributed by atoms with van der Waals surface area (Å²) in [6.45, 7) is 1.83.